The van der Waals surface area contributed by atoms with Crippen molar-refractivity contribution in [3.63, 3.8) is 0 Å². The Balaban J connectivity index is 3.21. The van der Waals surface area contributed by atoms with Gasteiger partial charge in [-0.25, -0.2) is 4.79 Å². The van der Waals surface area contributed by atoms with Crippen molar-refractivity contribution in [3.8, 4) is 0 Å². The molecule has 0 N–H and O–H groups in total. The summed E-state index contributed by atoms with van der Waals surface area (Å²) < 4.78 is 0. The van der Waals surface area contributed by atoms with Crippen LogP contribution in [-0.2, 0) is 4.79 Å². The van der Waals surface area contributed by atoms with Crippen molar-refractivity contribution in [2.24, 2.45) is 0 Å². The Morgan fingerprint density at radius 1 is 0.667 bits per heavy atom. The molecule has 0 saturated carbocycles. The standard InChI is InChI=1S/C20H32O/c1-2-3-4-5-6-7-8-9-10-11-12-13-14-15-16-17-18-19-20-21/h3-4,6-7,12-13,19H,2,5,8-11,14-18H2,1H3. The molecule has 0 aromatic heterocycles. The van der Waals surface area contributed by atoms with Crippen LogP contribution in [0.15, 0.2) is 42.5 Å². The highest BCUT2D eigenvalue weighted by molar-refractivity contribution is 5.44. The van der Waals surface area contributed by atoms with E-state index in [1.807, 2.05) is 5.94 Å². The molecule has 0 bridgehead atoms. The summed E-state index contributed by atoms with van der Waals surface area (Å²) in [4.78, 5) is 9.97. The van der Waals surface area contributed by atoms with Gasteiger partial charge in [0.15, 0.2) is 0 Å². The first-order valence-electron chi connectivity index (χ1n) is 8.56. The quantitative estimate of drug-likeness (QED) is 0.207. The molecule has 0 radical (unpaired) electrons. The van der Waals surface area contributed by atoms with Gasteiger partial charge in [0, 0.05) is 0 Å². The maximum atomic E-state index is 9.97. The minimum atomic E-state index is 0.884. The third kappa shape index (κ3) is 18.7. The third-order valence-corrected chi connectivity index (χ3v) is 3.30. The lowest BCUT2D eigenvalue weighted by Gasteiger charge is -1.95. The molecule has 0 aromatic carbocycles. The number of unbranched alkanes of at least 4 members (excludes halogenated alkanes) is 7. The molecule has 0 rings (SSSR count). The molecule has 0 saturated heterocycles. The van der Waals surface area contributed by atoms with E-state index in [4.69, 9.17) is 0 Å². The fraction of sp³-hybridized carbons (Fsp3) is 0.600. The van der Waals surface area contributed by atoms with Gasteiger partial charge in [0.2, 0.25) is 0 Å². The van der Waals surface area contributed by atoms with Crippen LogP contribution in [0.4, 0.5) is 0 Å². The van der Waals surface area contributed by atoms with Gasteiger partial charge in [-0.15, -0.1) is 0 Å². The monoisotopic (exact) mass is 288 g/mol. The van der Waals surface area contributed by atoms with E-state index in [9.17, 15) is 4.79 Å². The van der Waals surface area contributed by atoms with Crippen molar-refractivity contribution in [1.29, 1.82) is 0 Å². The lowest BCUT2D eigenvalue weighted by molar-refractivity contribution is 0.567. The molecular weight excluding hydrogens is 256 g/mol. The molecule has 0 unspecified atom stereocenters. The summed E-state index contributed by atoms with van der Waals surface area (Å²) in [6.07, 6.45) is 28.0. The summed E-state index contributed by atoms with van der Waals surface area (Å²) >= 11 is 0. The summed E-state index contributed by atoms with van der Waals surface area (Å²) in [5, 5.41) is 0. The number of allylic oxidation sites excluding steroid dienone is 7. The second-order valence-electron chi connectivity index (χ2n) is 5.30. The van der Waals surface area contributed by atoms with E-state index in [1.54, 1.807) is 6.08 Å². The molecule has 118 valence electrons. The van der Waals surface area contributed by atoms with Crippen LogP contribution in [0.3, 0.4) is 0 Å². The van der Waals surface area contributed by atoms with Gasteiger partial charge >= 0.3 is 0 Å². The number of hydrogen-bond donors (Lipinski definition) is 0. The SMILES string of the molecule is CCC=CCC=CCCCCC=CCCCCCC=C=O. The lowest BCUT2D eigenvalue weighted by Crippen LogP contribution is -1.76. The van der Waals surface area contributed by atoms with Crippen LogP contribution < -0.4 is 0 Å². The van der Waals surface area contributed by atoms with Crippen molar-refractivity contribution in [1.82, 2.24) is 0 Å². The highest BCUT2D eigenvalue weighted by Crippen LogP contribution is 2.06. The van der Waals surface area contributed by atoms with Crippen molar-refractivity contribution in [3.05, 3.63) is 42.5 Å². The summed E-state index contributed by atoms with van der Waals surface area (Å²) in [5.74, 6) is 1.82. The number of carbonyl (C=O) groups excluding carboxylic acids is 1. The van der Waals surface area contributed by atoms with Gasteiger partial charge in [-0.1, -0.05) is 49.8 Å². The van der Waals surface area contributed by atoms with Crippen LogP contribution >= 0.6 is 0 Å². The molecule has 0 aromatic rings. The summed E-state index contributed by atoms with van der Waals surface area (Å²) in [7, 11) is 0. The first-order valence-corrected chi connectivity index (χ1v) is 8.56. The third-order valence-electron chi connectivity index (χ3n) is 3.30. The summed E-state index contributed by atoms with van der Waals surface area (Å²) in [5.41, 5.74) is 0. The zero-order chi connectivity index (χ0) is 15.4. The largest absolute Gasteiger partial charge is 0.234 e. The van der Waals surface area contributed by atoms with Crippen LogP contribution in [0, 0.1) is 0 Å². The van der Waals surface area contributed by atoms with Gasteiger partial charge in [-0.3, -0.25) is 0 Å². The predicted octanol–water partition coefficient (Wildman–Crippen LogP) is 6.35. The average molecular weight is 288 g/mol. The molecule has 0 aliphatic heterocycles. The first kappa shape index (κ1) is 19.7. The fourth-order valence-electron chi connectivity index (χ4n) is 2.06. The normalized spacial score (nSPS) is 11.7. The van der Waals surface area contributed by atoms with Crippen LogP contribution in [0.1, 0.15) is 77.6 Å². The van der Waals surface area contributed by atoms with E-state index in [2.05, 4.69) is 43.4 Å². The maximum Gasteiger partial charge on any atom is 0.120 e. The molecule has 0 fully saturated rings. The molecule has 0 heterocycles. The minimum Gasteiger partial charge on any atom is -0.234 e. The Labute approximate surface area is 131 Å². The zero-order valence-electron chi connectivity index (χ0n) is 13.7. The Kier molecular flexibility index (Phi) is 17.5. The van der Waals surface area contributed by atoms with E-state index in [-0.39, 0.29) is 0 Å². The molecule has 1 nitrogen and oxygen atoms in total. The van der Waals surface area contributed by atoms with Crippen molar-refractivity contribution in [2.45, 2.75) is 77.6 Å². The lowest BCUT2D eigenvalue weighted by atomic mass is 10.1. The van der Waals surface area contributed by atoms with Crippen LogP contribution in [-0.4, -0.2) is 5.94 Å². The molecule has 1 heteroatoms. The van der Waals surface area contributed by atoms with E-state index in [0.717, 1.165) is 25.7 Å². The zero-order valence-corrected chi connectivity index (χ0v) is 13.7. The van der Waals surface area contributed by atoms with Gasteiger partial charge in [0.1, 0.15) is 5.94 Å². The first-order chi connectivity index (χ1) is 10.4. The fourth-order valence-corrected chi connectivity index (χ4v) is 2.06. The van der Waals surface area contributed by atoms with E-state index < -0.39 is 0 Å². The Hall–Kier alpha value is -1.33. The Morgan fingerprint density at radius 3 is 1.81 bits per heavy atom. The van der Waals surface area contributed by atoms with Gasteiger partial charge in [-0.2, -0.15) is 0 Å². The number of rotatable bonds is 14. The molecule has 0 aliphatic carbocycles. The van der Waals surface area contributed by atoms with Crippen LogP contribution in [0.2, 0.25) is 0 Å². The van der Waals surface area contributed by atoms with Crippen molar-refractivity contribution in [2.75, 3.05) is 0 Å². The summed E-state index contributed by atoms with van der Waals surface area (Å²) in [6.45, 7) is 2.17. The molecule has 0 spiro atoms. The van der Waals surface area contributed by atoms with Gasteiger partial charge in [0.25, 0.3) is 0 Å². The van der Waals surface area contributed by atoms with Crippen molar-refractivity contribution < 1.29 is 4.79 Å². The van der Waals surface area contributed by atoms with Crippen molar-refractivity contribution >= 4 is 5.94 Å². The van der Waals surface area contributed by atoms with Gasteiger partial charge in [0.05, 0.1) is 0 Å². The van der Waals surface area contributed by atoms with Crippen LogP contribution in [0.5, 0.6) is 0 Å². The molecule has 0 aliphatic rings. The molecule has 0 amide bonds. The number of hydrogen-bond acceptors (Lipinski definition) is 1. The second-order valence-corrected chi connectivity index (χ2v) is 5.30. The summed E-state index contributed by atoms with van der Waals surface area (Å²) in [6, 6.07) is 0. The maximum absolute atomic E-state index is 9.97. The van der Waals surface area contributed by atoms with E-state index >= 15 is 0 Å². The molecule has 21 heavy (non-hydrogen) atoms. The molecule has 0 atom stereocenters. The highest BCUT2D eigenvalue weighted by atomic mass is 16.1. The van der Waals surface area contributed by atoms with Gasteiger partial charge < -0.3 is 0 Å². The molecular formula is C20H32O. The van der Waals surface area contributed by atoms with Gasteiger partial charge in [-0.05, 0) is 70.3 Å². The van der Waals surface area contributed by atoms with E-state index in [1.165, 1.54) is 44.9 Å². The topological polar surface area (TPSA) is 17.1 Å². The average Bonchev–Trinajstić information content (AvgIpc) is 2.50. The second kappa shape index (κ2) is 18.7. The van der Waals surface area contributed by atoms with E-state index in [0.29, 0.717) is 0 Å². The minimum absolute atomic E-state index is 0.884. The Bertz CT molecular complexity index is 330. The van der Waals surface area contributed by atoms with Crippen LogP contribution in [0.25, 0.3) is 0 Å². The highest BCUT2D eigenvalue weighted by Gasteiger charge is 1.87. The predicted molar refractivity (Wildman–Crippen MR) is 94.1 cm³/mol. The smallest absolute Gasteiger partial charge is 0.120 e. The Morgan fingerprint density at radius 2 is 1.19 bits per heavy atom.